The molecule has 7 heteroatoms. The molecule has 0 amide bonds. The Morgan fingerprint density at radius 2 is 1.16 bits per heavy atom. The highest BCUT2D eigenvalue weighted by Crippen LogP contribution is 2.39. The first-order valence-electron chi connectivity index (χ1n) is 12.3. The Bertz CT molecular complexity index is 1230. The van der Waals surface area contributed by atoms with Gasteiger partial charge in [-0.1, -0.05) is 103 Å². The van der Waals surface area contributed by atoms with Crippen molar-refractivity contribution in [2.75, 3.05) is 6.61 Å². The zero-order chi connectivity index (χ0) is 25.3. The van der Waals surface area contributed by atoms with E-state index in [1.54, 1.807) is 12.4 Å². The van der Waals surface area contributed by atoms with Crippen molar-refractivity contribution in [1.29, 1.82) is 0 Å². The molecule has 0 saturated carbocycles. The van der Waals surface area contributed by atoms with Gasteiger partial charge in [-0.3, -0.25) is 4.98 Å². The molecule has 5 rings (SSSR count). The van der Waals surface area contributed by atoms with Gasteiger partial charge in [0.05, 0.1) is 26.4 Å². The van der Waals surface area contributed by atoms with Gasteiger partial charge in [0.15, 0.2) is 5.15 Å². The van der Waals surface area contributed by atoms with Gasteiger partial charge in [-0.05, 0) is 16.7 Å². The number of aromatic nitrogens is 2. The molecule has 4 atom stereocenters. The van der Waals surface area contributed by atoms with Crippen LogP contribution in [0.3, 0.4) is 0 Å². The van der Waals surface area contributed by atoms with E-state index in [4.69, 9.17) is 30.5 Å². The van der Waals surface area contributed by atoms with Crippen LogP contribution in [-0.4, -0.2) is 34.9 Å². The number of hydrogen-bond donors (Lipinski definition) is 0. The van der Waals surface area contributed by atoms with Gasteiger partial charge in [0.2, 0.25) is 0 Å². The highest BCUT2D eigenvalue weighted by atomic mass is 35.5. The van der Waals surface area contributed by atoms with Gasteiger partial charge in [-0.2, -0.15) is 0 Å². The molecule has 0 radical (unpaired) electrons. The Morgan fingerprint density at radius 1 is 0.649 bits per heavy atom. The number of hydrogen-bond acceptors (Lipinski definition) is 6. The minimum Gasteiger partial charge on any atom is -0.374 e. The van der Waals surface area contributed by atoms with Crippen LogP contribution in [0.5, 0.6) is 0 Å². The topological polar surface area (TPSA) is 62.7 Å². The molecule has 0 N–H and O–H groups in total. The van der Waals surface area contributed by atoms with Gasteiger partial charge in [-0.25, -0.2) is 4.98 Å². The Hall–Kier alpha value is -3.13. The molecule has 1 saturated heterocycles. The van der Waals surface area contributed by atoms with E-state index in [0.717, 1.165) is 16.7 Å². The van der Waals surface area contributed by atoms with Crippen molar-refractivity contribution in [2.24, 2.45) is 0 Å². The molecule has 37 heavy (non-hydrogen) atoms. The van der Waals surface area contributed by atoms with E-state index in [2.05, 4.69) is 9.97 Å². The maximum absolute atomic E-state index is 6.51. The van der Waals surface area contributed by atoms with Crippen LogP contribution in [0.15, 0.2) is 103 Å². The van der Waals surface area contributed by atoms with E-state index in [0.29, 0.717) is 32.1 Å². The number of ether oxygens (including phenoxy) is 4. The minimum absolute atomic E-state index is 0.286. The average molecular weight is 517 g/mol. The van der Waals surface area contributed by atoms with E-state index < -0.39 is 24.4 Å². The monoisotopic (exact) mass is 516 g/mol. The number of halogens is 1. The van der Waals surface area contributed by atoms with Crippen molar-refractivity contribution < 1.29 is 18.9 Å². The van der Waals surface area contributed by atoms with Gasteiger partial charge < -0.3 is 18.9 Å². The lowest BCUT2D eigenvalue weighted by atomic mass is 10.0. The summed E-state index contributed by atoms with van der Waals surface area (Å²) in [4.78, 5) is 8.70. The first-order chi connectivity index (χ1) is 18.3. The van der Waals surface area contributed by atoms with Gasteiger partial charge in [0.1, 0.15) is 30.1 Å². The molecule has 4 aromatic rings. The Kier molecular flexibility index (Phi) is 8.90. The summed E-state index contributed by atoms with van der Waals surface area (Å²) in [6, 6.07) is 30.1. The molecule has 1 fully saturated rings. The maximum Gasteiger partial charge on any atom is 0.153 e. The third kappa shape index (κ3) is 6.80. The minimum atomic E-state index is -0.559. The molecular formula is C30H29ClN2O4. The van der Waals surface area contributed by atoms with E-state index >= 15 is 0 Å². The van der Waals surface area contributed by atoms with E-state index in [1.165, 1.54) is 0 Å². The lowest BCUT2D eigenvalue weighted by molar-refractivity contribution is -0.0898. The molecule has 1 aliphatic rings. The molecule has 190 valence electrons. The fraction of sp³-hybridized carbons (Fsp3) is 0.267. The van der Waals surface area contributed by atoms with E-state index in [9.17, 15) is 0 Å². The summed E-state index contributed by atoms with van der Waals surface area (Å²) in [6.07, 6.45) is 1.33. The number of rotatable bonds is 11. The number of nitrogens with zero attached hydrogens (tertiary/aromatic N) is 2. The molecule has 3 aromatic carbocycles. The van der Waals surface area contributed by atoms with Crippen LogP contribution in [0.25, 0.3) is 0 Å². The first-order valence-corrected chi connectivity index (χ1v) is 12.7. The Labute approximate surface area is 222 Å². The highest BCUT2D eigenvalue weighted by molar-refractivity contribution is 6.30. The second-order valence-corrected chi connectivity index (χ2v) is 9.21. The van der Waals surface area contributed by atoms with Crippen molar-refractivity contribution >= 4 is 11.6 Å². The predicted molar refractivity (Wildman–Crippen MR) is 141 cm³/mol. The summed E-state index contributed by atoms with van der Waals surface area (Å²) in [7, 11) is 0. The fourth-order valence-corrected chi connectivity index (χ4v) is 4.60. The molecule has 0 unspecified atom stereocenters. The van der Waals surface area contributed by atoms with Crippen molar-refractivity contribution in [1.82, 2.24) is 9.97 Å². The molecular weight excluding hydrogens is 488 g/mol. The van der Waals surface area contributed by atoms with Gasteiger partial charge in [-0.15, -0.1) is 0 Å². The second-order valence-electron chi connectivity index (χ2n) is 8.85. The SMILES string of the molecule is Clc1nccnc1[C@@H]1O[C@H](COCc2ccccc2)[C@@H](OCc2ccccc2)[C@H]1OCc1ccccc1. The maximum atomic E-state index is 6.51. The third-order valence-corrected chi connectivity index (χ3v) is 6.51. The summed E-state index contributed by atoms with van der Waals surface area (Å²) < 4.78 is 25.5. The predicted octanol–water partition coefficient (Wildman–Crippen LogP) is 5.96. The Morgan fingerprint density at radius 3 is 1.73 bits per heavy atom. The van der Waals surface area contributed by atoms with Gasteiger partial charge in [0, 0.05) is 12.4 Å². The van der Waals surface area contributed by atoms with Crippen LogP contribution >= 0.6 is 11.6 Å². The molecule has 0 spiro atoms. The summed E-state index contributed by atoms with van der Waals surface area (Å²) in [5.74, 6) is 0. The highest BCUT2D eigenvalue weighted by Gasteiger charge is 2.48. The van der Waals surface area contributed by atoms with E-state index in [-0.39, 0.29) is 5.15 Å². The molecule has 0 aliphatic carbocycles. The molecule has 6 nitrogen and oxygen atoms in total. The van der Waals surface area contributed by atoms with Crippen LogP contribution in [0.2, 0.25) is 5.15 Å². The molecule has 2 heterocycles. The first kappa shape index (κ1) is 25.5. The zero-order valence-electron chi connectivity index (χ0n) is 20.4. The van der Waals surface area contributed by atoms with Crippen LogP contribution in [0.4, 0.5) is 0 Å². The van der Waals surface area contributed by atoms with Crippen LogP contribution in [0, 0.1) is 0 Å². The lowest BCUT2D eigenvalue weighted by Gasteiger charge is -2.25. The quantitative estimate of drug-likeness (QED) is 0.245. The van der Waals surface area contributed by atoms with Crippen molar-refractivity contribution in [3.8, 4) is 0 Å². The Balaban J connectivity index is 1.38. The third-order valence-electron chi connectivity index (χ3n) is 6.22. The smallest absolute Gasteiger partial charge is 0.153 e. The van der Waals surface area contributed by atoms with Crippen LogP contribution < -0.4 is 0 Å². The summed E-state index contributed by atoms with van der Waals surface area (Å²) in [6.45, 7) is 1.61. The molecule has 1 aromatic heterocycles. The van der Waals surface area contributed by atoms with Crippen molar-refractivity contribution in [3.05, 3.63) is 131 Å². The van der Waals surface area contributed by atoms with E-state index in [1.807, 2.05) is 91.0 Å². The van der Waals surface area contributed by atoms with Crippen molar-refractivity contribution in [3.63, 3.8) is 0 Å². The standard InChI is InChI=1S/C30H29ClN2O4/c31-30-26(32-16-17-33-30)28-29(36-20-24-14-8-3-9-15-24)27(35-19-23-12-6-2-7-13-23)25(37-28)21-34-18-22-10-4-1-5-11-22/h1-17,25,27-29H,18-21H2/t25-,27-,28+,29-/m1/s1. The van der Waals surface area contributed by atoms with Crippen LogP contribution in [-0.2, 0) is 38.8 Å². The zero-order valence-corrected chi connectivity index (χ0v) is 21.1. The van der Waals surface area contributed by atoms with Gasteiger partial charge >= 0.3 is 0 Å². The summed E-state index contributed by atoms with van der Waals surface area (Å²) >= 11 is 6.46. The second kappa shape index (κ2) is 12.9. The lowest BCUT2D eigenvalue weighted by Crippen LogP contribution is -2.38. The normalized spacial score (nSPS) is 21.2. The average Bonchev–Trinajstić information content (AvgIpc) is 3.29. The summed E-state index contributed by atoms with van der Waals surface area (Å²) in [5, 5.41) is 0.286. The van der Waals surface area contributed by atoms with Crippen LogP contribution in [0.1, 0.15) is 28.5 Å². The molecule has 0 bridgehead atoms. The summed E-state index contributed by atoms with van der Waals surface area (Å²) in [5.41, 5.74) is 3.74. The van der Waals surface area contributed by atoms with Gasteiger partial charge in [0.25, 0.3) is 0 Å². The largest absolute Gasteiger partial charge is 0.374 e. The number of benzene rings is 3. The molecule has 1 aliphatic heterocycles. The van der Waals surface area contributed by atoms with Crippen molar-refractivity contribution in [2.45, 2.75) is 44.2 Å². The fourth-order valence-electron chi connectivity index (χ4n) is 4.39.